The smallest absolute Gasteiger partial charge is 0.152 e. The number of fused-ring (bicyclic) bond motifs is 1. The lowest BCUT2D eigenvalue weighted by Gasteiger charge is -1.80. The van der Waals surface area contributed by atoms with Gasteiger partial charge in [0.1, 0.15) is 0 Å². The van der Waals surface area contributed by atoms with Gasteiger partial charge in [-0.05, 0) is 12.1 Å². The molecule has 0 atom stereocenters. The molecule has 2 heterocycles. The van der Waals surface area contributed by atoms with Crippen LogP contribution in [0.4, 0.5) is 0 Å². The zero-order chi connectivity index (χ0) is 10.1. The highest BCUT2D eigenvalue weighted by Gasteiger charge is 1.90. The first-order chi connectivity index (χ1) is 6.47. The predicted molar refractivity (Wildman–Crippen MR) is 56.7 cm³/mol. The second-order valence-corrected chi connectivity index (χ2v) is 1.83. The Balaban J connectivity index is 0.000000322. The van der Waals surface area contributed by atoms with Gasteiger partial charge in [-0.1, -0.05) is 27.7 Å². The molecular formula is C11H17NO. The van der Waals surface area contributed by atoms with Gasteiger partial charge in [0.05, 0.1) is 12.5 Å². The number of furan rings is 1. The minimum absolute atomic E-state index is 0.845. The molecule has 0 radical (unpaired) electrons. The first kappa shape index (κ1) is 11.7. The van der Waals surface area contributed by atoms with Gasteiger partial charge in [0, 0.05) is 11.6 Å². The predicted octanol–water partition coefficient (Wildman–Crippen LogP) is 3.88. The van der Waals surface area contributed by atoms with Crippen molar-refractivity contribution in [2.75, 3.05) is 0 Å². The van der Waals surface area contributed by atoms with Crippen LogP contribution in [0.5, 0.6) is 0 Å². The van der Waals surface area contributed by atoms with Crippen LogP contribution in [0.1, 0.15) is 27.7 Å². The maximum absolute atomic E-state index is 5.06. The molecule has 2 aromatic heterocycles. The molecule has 0 saturated carbocycles. The second kappa shape index (κ2) is 7.35. The van der Waals surface area contributed by atoms with Gasteiger partial charge in [0.25, 0.3) is 0 Å². The lowest BCUT2D eigenvalue weighted by molar-refractivity contribution is 0.614. The summed E-state index contributed by atoms with van der Waals surface area (Å²) in [6, 6.07) is 3.83. The minimum Gasteiger partial charge on any atom is -0.463 e. The monoisotopic (exact) mass is 179 g/mol. The van der Waals surface area contributed by atoms with E-state index in [-0.39, 0.29) is 0 Å². The lowest BCUT2D eigenvalue weighted by atomic mass is 10.3. The number of aromatic nitrogens is 1. The highest BCUT2D eigenvalue weighted by molar-refractivity contribution is 5.75. The van der Waals surface area contributed by atoms with Crippen molar-refractivity contribution in [3.63, 3.8) is 0 Å². The molecule has 2 rings (SSSR count). The minimum atomic E-state index is 0.845. The van der Waals surface area contributed by atoms with E-state index in [1.165, 1.54) is 0 Å². The average molecular weight is 179 g/mol. The molecule has 0 saturated heterocycles. The molecule has 0 amide bonds. The van der Waals surface area contributed by atoms with Gasteiger partial charge in [-0.3, -0.25) is 4.98 Å². The van der Waals surface area contributed by atoms with Gasteiger partial charge in [0.15, 0.2) is 5.58 Å². The number of hydrogen-bond donors (Lipinski definition) is 0. The SMILES string of the molecule is CC.CC.c1cc2ccoc2cn1. The van der Waals surface area contributed by atoms with Gasteiger partial charge >= 0.3 is 0 Å². The molecule has 0 aliphatic carbocycles. The zero-order valence-electron chi connectivity index (χ0n) is 8.74. The summed E-state index contributed by atoms with van der Waals surface area (Å²) in [5.74, 6) is 0. The Bertz CT molecular complexity index is 284. The van der Waals surface area contributed by atoms with Gasteiger partial charge in [0.2, 0.25) is 0 Å². The van der Waals surface area contributed by atoms with E-state index in [2.05, 4.69) is 4.98 Å². The molecule has 2 aromatic rings. The van der Waals surface area contributed by atoms with Crippen molar-refractivity contribution in [1.82, 2.24) is 4.98 Å². The molecular weight excluding hydrogens is 162 g/mol. The first-order valence-corrected chi connectivity index (χ1v) is 4.74. The molecule has 0 aliphatic rings. The Morgan fingerprint density at radius 2 is 1.77 bits per heavy atom. The van der Waals surface area contributed by atoms with Crippen LogP contribution in [0.25, 0.3) is 11.0 Å². The average Bonchev–Trinajstić information content (AvgIpc) is 2.71. The summed E-state index contributed by atoms with van der Waals surface area (Å²) in [7, 11) is 0. The Morgan fingerprint density at radius 1 is 1.08 bits per heavy atom. The maximum Gasteiger partial charge on any atom is 0.152 e. The fourth-order valence-corrected chi connectivity index (χ4v) is 0.808. The molecule has 2 heteroatoms. The van der Waals surface area contributed by atoms with Crippen LogP contribution in [-0.4, -0.2) is 4.98 Å². The van der Waals surface area contributed by atoms with Crippen molar-refractivity contribution in [2.24, 2.45) is 0 Å². The molecule has 0 aliphatic heterocycles. The van der Waals surface area contributed by atoms with E-state index >= 15 is 0 Å². The fourth-order valence-electron chi connectivity index (χ4n) is 0.808. The number of pyridine rings is 1. The summed E-state index contributed by atoms with van der Waals surface area (Å²) < 4.78 is 5.06. The van der Waals surface area contributed by atoms with Gasteiger partial charge < -0.3 is 4.42 Å². The van der Waals surface area contributed by atoms with Crippen LogP contribution in [-0.2, 0) is 0 Å². The normalized spacial score (nSPS) is 8.00. The van der Waals surface area contributed by atoms with Crippen molar-refractivity contribution >= 4 is 11.0 Å². The number of nitrogens with zero attached hydrogens (tertiary/aromatic N) is 1. The van der Waals surface area contributed by atoms with E-state index in [9.17, 15) is 0 Å². The summed E-state index contributed by atoms with van der Waals surface area (Å²) in [5, 5.41) is 1.10. The van der Waals surface area contributed by atoms with Crippen molar-refractivity contribution in [2.45, 2.75) is 27.7 Å². The second-order valence-electron chi connectivity index (χ2n) is 1.83. The third-order valence-electron chi connectivity index (χ3n) is 1.26. The Kier molecular flexibility index (Phi) is 6.60. The number of rotatable bonds is 0. The third-order valence-corrected chi connectivity index (χ3v) is 1.26. The van der Waals surface area contributed by atoms with Gasteiger partial charge in [-0.15, -0.1) is 0 Å². The summed E-state index contributed by atoms with van der Waals surface area (Å²) >= 11 is 0. The van der Waals surface area contributed by atoms with E-state index in [4.69, 9.17) is 4.42 Å². The number of hydrogen-bond acceptors (Lipinski definition) is 2. The van der Waals surface area contributed by atoms with Crippen LogP contribution >= 0.6 is 0 Å². The Morgan fingerprint density at radius 3 is 2.38 bits per heavy atom. The van der Waals surface area contributed by atoms with Crippen molar-refractivity contribution < 1.29 is 4.42 Å². The van der Waals surface area contributed by atoms with Crippen LogP contribution in [0.15, 0.2) is 35.2 Å². The molecule has 0 spiro atoms. The Labute approximate surface area is 79.6 Å². The van der Waals surface area contributed by atoms with Crippen LogP contribution < -0.4 is 0 Å². The highest BCUT2D eigenvalue weighted by Crippen LogP contribution is 2.11. The van der Waals surface area contributed by atoms with E-state index in [0.29, 0.717) is 0 Å². The lowest BCUT2D eigenvalue weighted by Crippen LogP contribution is -1.65. The molecule has 72 valence electrons. The largest absolute Gasteiger partial charge is 0.463 e. The first-order valence-electron chi connectivity index (χ1n) is 4.74. The zero-order valence-corrected chi connectivity index (χ0v) is 8.74. The molecule has 0 N–H and O–H groups in total. The highest BCUT2D eigenvalue weighted by atomic mass is 16.3. The van der Waals surface area contributed by atoms with E-state index in [1.807, 2.05) is 39.8 Å². The van der Waals surface area contributed by atoms with Crippen molar-refractivity contribution in [1.29, 1.82) is 0 Å². The van der Waals surface area contributed by atoms with E-state index < -0.39 is 0 Å². The molecule has 0 fully saturated rings. The fraction of sp³-hybridized carbons (Fsp3) is 0.364. The quantitative estimate of drug-likeness (QED) is 0.613. The molecule has 0 bridgehead atoms. The molecule has 0 aromatic carbocycles. The van der Waals surface area contributed by atoms with Crippen molar-refractivity contribution in [3.05, 3.63) is 30.8 Å². The summed E-state index contributed by atoms with van der Waals surface area (Å²) in [4.78, 5) is 3.89. The van der Waals surface area contributed by atoms with Crippen LogP contribution in [0.3, 0.4) is 0 Å². The Hall–Kier alpha value is -1.31. The van der Waals surface area contributed by atoms with Crippen LogP contribution in [0.2, 0.25) is 0 Å². The summed E-state index contributed by atoms with van der Waals surface area (Å²) in [6.45, 7) is 8.00. The topological polar surface area (TPSA) is 26.0 Å². The van der Waals surface area contributed by atoms with Crippen molar-refractivity contribution in [3.8, 4) is 0 Å². The van der Waals surface area contributed by atoms with E-state index in [1.54, 1.807) is 18.7 Å². The van der Waals surface area contributed by atoms with Gasteiger partial charge in [-0.25, -0.2) is 0 Å². The summed E-state index contributed by atoms with van der Waals surface area (Å²) in [6.07, 6.45) is 5.11. The summed E-state index contributed by atoms with van der Waals surface area (Å²) in [5.41, 5.74) is 0.845. The molecule has 2 nitrogen and oxygen atoms in total. The molecule has 13 heavy (non-hydrogen) atoms. The van der Waals surface area contributed by atoms with Gasteiger partial charge in [-0.2, -0.15) is 0 Å². The van der Waals surface area contributed by atoms with E-state index in [0.717, 1.165) is 11.0 Å². The maximum atomic E-state index is 5.06. The van der Waals surface area contributed by atoms with Crippen LogP contribution in [0, 0.1) is 0 Å². The molecule has 0 unspecified atom stereocenters. The standard InChI is InChI=1S/C7H5NO.2C2H6/c1-3-8-5-7-6(1)2-4-9-7;2*1-2/h1-5H;2*1-2H3. The third kappa shape index (κ3) is 3.28.